The molecule has 0 unspecified atom stereocenters. The second-order valence-electron chi connectivity index (χ2n) is 4.31. The molecule has 1 N–H and O–H groups in total. The lowest BCUT2D eigenvalue weighted by Crippen LogP contribution is -2.48. The van der Waals surface area contributed by atoms with E-state index in [2.05, 4.69) is 5.32 Å². The van der Waals surface area contributed by atoms with E-state index in [9.17, 15) is 14.9 Å². The molecule has 114 valence electrons. The van der Waals surface area contributed by atoms with Crippen LogP contribution in [0.3, 0.4) is 0 Å². The number of benzene rings is 1. The van der Waals surface area contributed by atoms with Gasteiger partial charge in [-0.05, 0) is 6.07 Å². The first-order valence-corrected chi connectivity index (χ1v) is 6.89. The average molecular weight is 335 g/mol. The van der Waals surface area contributed by atoms with Gasteiger partial charge in [-0.25, -0.2) is 0 Å². The molecule has 0 spiro atoms. The van der Waals surface area contributed by atoms with Crippen molar-refractivity contribution in [3.05, 3.63) is 39.9 Å². The standard InChI is InChI=1S/C12H12Cl2N2O5/c13-11(14)12(17)15-8-5-20-6-21-10(8)7-3-1-2-4-9(7)16(18)19/h1-4,8,10-11H,5-6H2,(H,15,17)/t8-,10-/m0/s1. The lowest BCUT2D eigenvalue weighted by atomic mass is 10.00. The van der Waals surface area contributed by atoms with Crippen LogP contribution in [0.5, 0.6) is 0 Å². The highest BCUT2D eigenvalue weighted by molar-refractivity contribution is 6.53. The van der Waals surface area contributed by atoms with Crippen molar-refractivity contribution >= 4 is 34.8 Å². The molecule has 0 saturated carbocycles. The van der Waals surface area contributed by atoms with Crippen LogP contribution in [0.25, 0.3) is 0 Å². The molecule has 2 atom stereocenters. The van der Waals surface area contributed by atoms with Crippen molar-refractivity contribution in [3.8, 4) is 0 Å². The van der Waals surface area contributed by atoms with E-state index in [4.69, 9.17) is 32.7 Å². The minimum Gasteiger partial charge on any atom is -0.353 e. The summed E-state index contributed by atoms with van der Waals surface area (Å²) in [6, 6.07) is 5.55. The second-order valence-corrected chi connectivity index (χ2v) is 5.40. The van der Waals surface area contributed by atoms with Crippen LogP contribution in [-0.2, 0) is 14.3 Å². The van der Waals surface area contributed by atoms with Gasteiger partial charge in [-0.3, -0.25) is 14.9 Å². The molecule has 0 radical (unpaired) electrons. The molecular weight excluding hydrogens is 323 g/mol. The highest BCUT2D eigenvalue weighted by atomic mass is 35.5. The summed E-state index contributed by atoms with van der Waals surface area (Å²) in [5, 5.41) is 13.6. The molecule has 1 aliphatic rings. The van der Waals surface area contributed by atoms with Crippen molar-refractivity contribution in [1.29, 1.82) is 0 Å². The van der Waals surface area contributed by atoms with E-state index in [-0.39, 0.29) is 19.1 Å². The molecule has 0 bridgehead atoms. The number of nitrogens with zero attached hydrogens (tertiary/aromatic N) is 1. The van der Waals surface area contributed by atoms with Crippen molar-refractivity contribution in [1.82, 2.24) is 5.32 Å². The number of amides is 1. The Morgan fingerprint density at radius 3 is 2.81 bits per heavy atom. The Labute approximate surface area is 130 Å². The molecule has 0 aliphatic carbocycles. The maximum atomic E-state index is 11.6. The Kier molecular flexibility index (Phi) is 5.35. The van der Waals surface area contributed by atoms with Gasteiger partial charge in [-0.1, -0.05) is 35.3 Å². The van der Waals surface area contributed by atoms with Gasteiger partial charge in [-0.2, -0.15) is 0 Å². The highest BCUT2D eigenvalue weighted by Crippen LogP contribution is 2.32. The lowest BCUT2D eigenvalue weighted by molar-refractivity contribution is -0.386. The summed E-state index contributed by atoms with van der Waals surface area (Å²) < 4.78 is 10.5. The van der Waals surface area contributed by atoms with Crippen LogP contribution in [0.1, 0.15) is 11.7 Å². The predicted molar refractivity (Wildman–Crippen MR) is 75.2 cm³/mol. The fourth-order valence-electron chi connectivity index (χ4n) is 2.06. The summed E-state index contributed by atoms with van der Waals surface area (Å²) in [4.78, 5) is 20.9. The smallest absolute Gasteiger partial charge is 0.275 e. The number of halogens is 2. The van der Waals surface area contributed by atoms with Crippen LogP contribution in [0.2, 0.25) is 0 Å². The van der Waals surface area contributed by atoms with Crippen molar-refractivity contribution in [2.75, 3.05) is 13.4 Å². The molecule has 1 heterocycles. The molecule has 7 nitrogen and oxygen atoms in total. The van der Waals surface area contributed by atoms with Crippen LogP contribution in [-0.4, -0.2) is 35.1 Å². The summed E-state index contributed by atoms with van der Waals surface area (Å²) >= 11 is 11.0. The number of nitrogens with one attached hydrogen (secondary N) is 1. The molecule has 0 aromatic heterocycles. The van der Waals surface area contributed by atoms with Gasteiger partial charge >= 0.3 is 0 Å². The lowest BCUT2D eigenvalue weighted by Gasteiger charge is -2.32. The maximum Gasteiger partial charge on any atom is 0.275 e. The van der Waals surface area contributed by atoms with Crippen molar-refractivity contribution < 1.29 is 19.2 Å². The predicted octanol–water partition coefficient (Wildman–Crippen LogP) is 1.93. The number of alkyl halides is 2. The highest BCUT2D eigenvalue weighted by Gasteiger charge is 2.34. The van der Waals surface area contributed by atoms with Crippen LogP contribution >= 0.6 is 23.2 Å². The zero-order valence-electron chi connectivity index (χ0n) is 10.7. The van der Waals surface area contributed by atoms with E-state index in [1.807, 2.05) is 0 Å². The SMILES string of the molecule is O=C(N[C@H]1COCO[C@H]1c1ccccc1[N+](=O)[O-])C(Cl)Cl. The third-order valence-corrected chi connectivity index (χ3v) is 3.36. The van der Waals surface area contributed by atoms with Crippen LogP contribution in [0.4, 0.5) is 5.69 Å². The molecule has 1 aliphatic heterocycles. The van der Waals surface area contributed by atoms with Gasteiger partial charge in [0.1, 0.15) is 12.9 Å². The number of nitro benzene ring substituents is 1. The average Bonchev–Trinajstić information content (AvgIpc) is 2.47. The number of hydrogen-bond donors (Lipinski definition) is 1. The van der Waals surface area contributed by atoms with Gasteiger partial charge in [0.15, 0.2) is 4.84 Å². The first-order valence-electron chi connectivity index (χ1n) is 6.02. The normalized spacial score (nSPS) is 22.0. The molecular formula is C12H12Cl2N2O5. The van der Waals surface area contributed by atoms with E-state index >= 15 is 0 Å². The number of para-hydroxylation sites is 1. The Bertz CT molecular complexity index is 540. The first-order chi connectivity index (χ1) is 10.0. The number of rotatable bonds is 4. The first kappa shape index (κ1) is 16.0. The van der Waals surface area contributed by atoms with Gasteiger partial charge in [0.25, 0.3) is 11.6 Å². The van der Waals surface area contributed by atoms with E-state index in [1.54, 1.807) is 18.2 Å². The quantitative estimate of drug-likeness (QED) is 0.516. The number of carbonyl (C=O) groups is 1. The van der Waals surface area contributed by atoms with Crippen molar-refractivity contribution in [2.24, 2.45) is 0 Å². The number of ether oxygens (including phenoxy) is 2. The third-order valence-electron chi connectivity index (χ3n) is 2.96. The summed E-state index contributed by atoms with van der Waals surface area (Å²) in [6.07, 6.45) is -0.712. The monoisotopic (exact) mass is 334 g/mol. The summed E-state index contributed by atoms with van der Waals surface area (Å²) in [6.45, 7) is 0.122. The molecule has 1 saturated heterocycles. The minimum atomic E-state index is -1.24. The Morgan fingerprint density at radius 2 is 2.14 bits per heavy atom. The largest absolute Gasteiger partial charge is 0.353 e. The summed E-state index contributed by atoms with van der Waals surface area (Å²) in [5.41, 5.74) is 0.272. The fourth-order valence-corrected chi connectivity index (χ4v) is 2.19. The number of hydrogen-bond acceptors (Lipinski definition) is 5. The fraction of sp³-hybridized carbons (Fsp3) is 0.417. The minimum absolute atomic E-state index is 0.0196. The molecule has 1 aromatic carbocycles. The molecule has 9 heteroatoms. The second kappa shape index (κ2) is 7.04. The molecule has 2 rings (SSSR count). The third kappa shape index (κ3) is 3.82. The summed E-state index contributed by atoms with van der Waals surface area (Å²) in [5.74, 6) is -0.610. The van der Waals surface area contributed by atoms with E-state index in [1.165, 1.54) is 6.07 Å². The van der Waals surface area contributed by atoms with Gasteiger partial charge in [0, 0.05) is 6.07 Å². The molecule has 1 fully saturated rings. The molecule has 1 amide bonds. The van der Waals surface area contributed by atoms with Crippen LogP contribution < -0.4 is 5.32 Å². The van der Waals surface area contributed by atoms with Gasteiger partial charge in [0.2, 0.25) is 0 Å². The number of carbonyl (C=O) groups excluding carboxylic acids is 1. The Balaban J connectivity index is 2.27. The maximum absolute atomic E-state index is 11.6. The zero-order chi connectivity index (χ0) is 15.4. The van der Waals surface area contributed by atoms with Gasteiger partial charge in [-0.15, -0.1) is 0 Å². The van der Waals surface area contributed by atoms with Crippen molar-refractivity contribution in [3.63, 3.8) is 0 Å². The Hall–Kier alpha value is -1.41. The van der Waals surface area contributed by atoms with Gasteiger partial charge in [0.05, 0.1) is 23.1 Å². The molecule has 21 heavy (non-hydrogen) atoms. The molecule has 1 aromatic rings. The van der Waals surface area contributed by atoms with Crippen LogP contribution in [0.15, 0.2) is 24.3 Å². The van der Waals surface area contributed by atoms with E-state index < -0.39 is 27.8 Å². The zero-order valence-corrected chi connectivity index (χ0v) is 12.2. The van der Waals surface area contributed by atoms with Crippen LogP contribution in [0, 0.1) is 10.1 Å². The van der Waals surface area contributed by atoms with E-state index in [0.29, 0.717) is 5.56 Å². The summed E-state index contributed by atoms with van der Waals surface area (Å²) in [7, 11) is 0. The topological polar surface area (TPSA) is 90.7 Å². The number of nitro groups is 1. The van der Waals surface area contributed by atoms with E-state index in [0.717, 1.165) is 0 Å². The van der Waals surface area contributed by atoms with Gasteiger partial charge < -0.3 is 14.8 Å². The Morgan fingerprint density at radius 1 is 1.43 bits per heavy atom. The van der Waals surface area contributed by atoms with Crippen molar-refractivity contribution in [2.45, 2.75) is 17.0 Å².